The van der Waals surface area contributed by atoms with Gasteiger partial charge in [-0.1, -0.05) is 0 Å². The van der Waals surface area contributed by atoms with Gasteiger partial charge in [0.2, 0.25) is 0 Å². The summed E-state index contributed by atoms with van der Waals surface area (Å²) in [7, 11) is 0. The summed E-state index contributed by atoms with van der Waals surface area (Å²) < 4.78 is 33.7. The number of hydrogen-bond acceptors (Lipinski definition) is 5. The number of nitrogens with one attached hydrogen (secondary N) is 1. The highest BCUT2D eigenvalue weighted by Gasteiger charge is 2.49. The standard InChI is InChI=1S/C23H39FN2O3/c24-19-3-1-4-20-22(19)17-5-7-18(8-6-17)29-15-21-23(16-27-14-10-25-23)9-12-26(21)11-2-13-28-20/h17-22,25H,1-16H2/t17?,18?,19?,20?,21?,22?,23-/m1/s1. The minimum absolute atomic E-state index is 0.0449. The third-order valence-corrected chi connectivity index (χ3v) is 8.50. The Kier molecular flexibility index (Phi) is 6.45. The fraction of sp³-hybridized carbons (Fsp3) is 1.00. The van der Waals surface area contributed by atoms with Crippen LogP contribution in [0.25, 0.3) is 0 Å². The fourth-order valence-corrected chi connectivity index (χ4v) is 6.89. The molecule has 4 aliphatic heterocycles. The average Bonchev–Trinajstić information content (AvgIpc) is 3.07. The van der Waals surface area contributed by atoms with E-state index in [4.69, 9.17) is 14.2 Å². The molecule has 2 saturated carbocycles. The molecule has 6 heteroatoms. The normalized spacial score (nSPS) is 47.5. The van der Waals surface area contributed by atoms with Crippen molar-refractivity contribution in [2.24, 2.45) is 11.8 Å². The van der Waals surface area contributed by atoms with E-state index in [1.807, 2.05) is 0 Å². The fourth-order valence-electron chi connectivity index (χ4n) is 6.89. The predicted octanol–water partition coefficient (Wildman–Crippen LogP) is 2.92. The van der Waals surface area contributed by atoms with Gasteiger partial charge in [-0.3, -0.25) is 4.90 Å². The van der Waals surface area contributed by atoms with Gasteiger partial charge in [-0.05, 0) is 63.7 Å². The lowest BCUT2D eigenvalue weighted by Gasteiger charge is -2.44. The van der Waals surface area contributed by atoms with Crippen LogP contribution in [0, 0.1) is 11.8 Å². The maximum Gasteiger partial charge on any atom is 0.106 e. The third-order valence-electron chi connectivity index (χ3n) is 8.50. The second kappa shape index (κ2) is 9.07. The van der Waals surface area contributed by atoms with Crippen LogP contribution >= 0.6 is 0 Å². The summed E-state index contributed by atoms with van der Waals surface area (Å²) in [5, 5.41) is 3.79. The van der Waals surface area contributed by atoms with Gasteiger partial charge in [0.25, 0.3) is 0 Å². The molecule has 1 spiro atoms. The molecule has 0 aromatic heterocycles. The van der Waals surface area contributed by atoms with Crippen LogP contribution in [0.4, 0.5) is 4.39 Å². The average molecular weight is 411 g/mol. The van der Waals surface area contributed by atoms with Crippen molar-refractivity contribution >= 4 is 0 Å². The second-order valence-electron chi connectivity index (χ2n) is 10.1. The number of morpholine rings is 1. The molecule has 2 aliphatic carbocycles. The molecule has 6 aliphatic rings. The molecular weight excluding hydrogens is 371 g/mol. The van der Waals surface area contributed by atoms with E-state index in [0.717, 1.165) is 104 Å². The Morgan fingerprint density at radius 2 is 1.83 bits per heavy atom. The molecule has 6 rings (SSSR count). The summed E-state index contributed by atoms with van der Waals surface area (Å²) in [5.41, 5.74) is 0.0449. The molecule has 5 nitrogen and oxygen atoms in total. The van der Waals surface area contributed by atoms with Gasteiger partial charge in [0.1, 0.15) is 6.17 Å². The topological polar surface area (TPSA) is 43.0 Å². The molecule has 1 N–H and O–H groups in total. The molecule has 29 heavy (non-hydrogen) atoms. The second-order valence-corrected chi connectivity index (χ2v) is 10.1. The number of ether oxygens (including phenoxy) is 3. The maximum atomic E-state index is 14.9. The third kappa shape index (κ3) is 4.25. The van der Waals surface area contributed by atoms with Crippen LogP contribution in [-0.2, 0) is 14.2 Å². The van der Waals surface area contributed by atoms with E-state index in [1.54, 1.807) is 0 Å². The number of rotatable bonds is 0. The first-order chi connectivity index (χ1) is 14.3. The summed E-state index contributed by atoms with van der Waals surface area (Å²) in [6, 6.07) is 0.376. The molecule has 6 fully saturated rings. The molecule has 5 atom stereocenters. The van der Waals surface area contributed by atoms with Gasteiger partial charge >= 0.3 is 0 Å². The summed E-state index contributed by atoms with van der Waals surface area (Å²) in [4.78, 5) is 2.60. The number of alkyl halides is 1. The van der Waals surface area contributed by atoms with Gasteiger partial charge in [-0.15, -0.1) is 0 Å². The highest BCUT2D eigenvalue weighted by atomic mass is 19.1. The SMILES string of the molecule is FC1CCCC2OCCCN3CC[C@@]4(COCCN4)C3COC3CCC(CC3)C12. The number of halogens is 1. The van der Waals surface area contributed by atoms with Gasteiger partial charge in [-0.2, -0.15) is 0 Å². The zero-order chi connectivity index (χ0) is 19.7. The van der Waals surface area contributed by atoms with Crippen molar-refractivity contribution in [2.75, 3.05) is 46.1 Å². The van der Waals surface area contributed by atoms with Crippen molar-refractivity contribution in [1.82, 2.24) is 10.2 Å². The van der Waals surface area contributed by atoms with Crippen molar-refractivity contribution in [3.05, 3.63) is 0 Å². The zero-order valence-electron chi connectivity index (χ0n) is 17.8. The van der Waals surface area contributed by atoms with E-state index in [9.17, 15) is 4.39 Å². The van der Waals surface area contributed by atoms with Crippen molar-refractivity contribution < 1.29 is 18.6 Å². The summed E-state index contributed by atoms with van der Waals surface area (Å²) in [5.74, 6) is 0.583. The lowest BCUT2D eigenvalue weighted by Crippen LogP contribution is -2.62. The largest absolute Gasteiger partial charge is 0.378 e. The molecule has 4 unspecified atom stereocenters. The molecule has 0 aromatic carbocycles. The Morgan fingerprint density at radius 1 is 0.931 bits per heavy atom. The quantitative estimate of drug-likeness (QED) is 0.665. The molecular formula is C23H39FN2O3. The monoisotopic (exact) mass is 410 g/mol. The number of hydrogen-bond donors (Lipinski definition) is 1. The Bertz CT molecular complexity index is 536. The lowest BCUT2D eigenvalue weighted by atomic mass is 9.70. The van der Waals surface area contributed by atoms with Crippen LogP contribution in [0.5, 0.6) is 0 Å². The van der Waals surface area contributed by atoms with Crippen molar-refractivity contribution in [2.45, 2.75) is 87.7 Å². The Labute approximate surface area is 175 Å². The van der Waals surface area contributed by atoms with E-state index in [2.05, 4.69) is 10.2 Å². The van der Waals surface area contributed by atoms with E-state index >= 15 is 0 Å². The van der Waals surface area contributed by atoms with Crippen LogP contribution in [0.15, 0.2) is 0 Å². The Balaban J connectivity index is 1.30. The van der Waals surface area contributed by atoms with Gasteiger partial charge in [0.15, 0.2) is 0 Å². The van der Waals surface area contributed by atoms with E-state index in [1.165, 1.54) is 0 Å². The Morgan fingerprint density at radius 3 is 2.66 bits per heavy atom. The van der Waals surface area contributed by atoms with Gasteiger partial charge in [0, 0.05) is 32.2 Å². The molecule has 0 amide bonds. The highest BCUT2D eigenvalue weighted by molar-refractivity contribution is 5.07. The summed E-state index contributed by atoms with van der Waals surface area (Å²) in [6.45, 7) is 6.20. The van der Waals surface area contributed by atoms with Crippen molar-refractivity contribution in [1.29, 1.82) is 0 Å². The van der Waals surface area contributed by atoms with Crippen LogP contribution < -0.4 is 5.32 Å². The molecule has 4 heterocycles. The molecule has 0 aromatic rings. The number of fused-ring (bicyclic) bond motifs is 6. The minimum atomic E-state index is -0.677. The zero-order valence-corrected chi connectivity index (χ0v) is 17.8. The Hall–Kier alpha value is -0.270. The first-order valence-corrected chi connectivity index (χ1v) is 12.2. The smallest absolute Gasteiger partial charge is 0.106 e. The first-order valence-electron chi connectivity index (χ1n) is 12.2. The summed E-state index contributed by atoms with van der Waals surface area (Å²) >= 11 is 0. The number of nitrogens with zero attached hydrogens (tertiary/aromatic N) is 1. The van der Waals surface area contributed by atoms with Crippen LogP contribution in [0.1, 0.15) is 57.8 Å². The van der Waals surface area contributed by atoms with Gasteiger partial charge in [0.05, 0.1) is 43.6 Å². The molecule has 0 radical (unpaired) electrons. The molecule has 4 saturated heterocycles. The maximum absolute atomic E-state index is 14.9. The van der Waals surface area contributed by atoms with E-state index < -0.39 is 6.17 Å². The van der Waals surface area contributed by atoms with Crippen LogP contribution in [0.3, 0.4) is 0 Å². The molecule has 166 valence electrons. The molecule has 2 bridgehead atoms. The minimum Gasteiger partial charge on any atom is -0.378 e. The highest BCUT2D eigenvalue weighted by Crippen LogP contribution is 2.42. The van der Waals surface area contributed by atoms with E-state index in [-0.39, 0.29) is 17.6 Å². The van der Waals surface area contributed by atoms with Crippen molar-refractivity contribution in [3.63, 3.8) is 0 Å². The van der Waals surface area contributed by atoms with Crippen LogP contribution in [0.2, 0.25) is 0 Å². The van der Waals surface area contributed by atoms with Gasteiger partial charge in [-0.25, -0.2) is 4.39 Å². The first kappa shape index (κ1) is 20.6. The van der Waals surface area contributed by atoms with Crippen molar-refractivity contribution in [3.8, 4) is 0 Å². The van der Waals surface area contributed by atoms with Gasteiger partial charge < -0.3 is 19.5 Å². The van der Waals surface area contributed by atoms with Crippen LogP contribution in [-0.4, -0.2) is 80.9 Å². The summed E-state index contributed by atoms with van der Waals surface area (Å²) in [6.07, 6.45) is 9.00. The van der Waals surface area contributed by atoms with E-state index in [0.29, 0.717) is 18.1 Å². The lowest BCUT2D eigenvalue weighted by molar-refractivity contribution is -0.0921. The predicted molar refractivity (Wildman–Crippen MR) is 110 cm³/mol.